The smallest absolute Gasteiger partial charge is 0.332 e. The average Bonchev–Trinajstić information content (AvgIpc) is 2.45. The van der Waals surface area contributed by atoms with Crippen molar-refractivity contribution < 1.29 is 14.3 Å². The van der Waals surface area contributed by atoms with E-state index in [4.69, 9.17) is 15.2 Å². The summed E-state index contributed by atoms with van der Waals surface area (Å²) < 4.78 is 10.6. The number of ether oxygens (including phenoxy) is 2. The lowest BCUT2D eigenvalue weighted by Crippen LogP contribution is -2.51. The van der Waals surface area contributed by atoms with E-state index >= 15 is 0 Å². The maximum Gasteiger partial charge on any atom is 0.332 e. The molecule has 0 radical (unpaired) electrons. The van der Waals surface area contributed by atoms with Crippen LogP contribution < -0.4 is 5.73 Å². The molecule has 0 fully saturated rings. The molecule has 0 aliphatic carbocycles. The van der Waals surface area contributed by atoms with Crippen LogP contribution in [0, 0.1) is 0 Å². The van der Waals surface area contributed by atoms with E-state index in [1.165, 1.54) is 7.11 Å². The lowest BCUT2D eigenvalue weighted by molar-refractivity contribution is -0.153. The van der Waals surface area contributed by atoms with Crippen molar-refractivity contribution in [1.82, 2.24) is 0 Å². The van der Waals surface area contributed by atoms with Crippen LogP contribution in [0.25, 0.3) is 0 Å². The van der Waals surface area contributed by atoms with E-state index in [0.717, 1.165) is 6.42 Å². The number of rotatable bonds is 6. The molecule has 1 atom stereocenters. The first kappa shape index (κ1) is 15.7. The number of benzene rings is 1. The predicted molar refractivity (Wildman–Crippen MR) is 74.6 cm³/mol. The average molecular weight is 265 g/mol. The maximum absolute atomic E-state index is 12.0. The van der Waals surface area contributed by atoms with E-state index in [1.54, 1.807) is 12.1 Å². The standard InChI is InChI=1S/C15H23NO3/c1-5-14(2,3)19-11-15(16,13(17)18-4)12-9-7-6-8-10-12/h6-10H,5,11,16H2,1-4H3. The number of hydrogen-bond donors (Lipinski definition) is 1. The minimum Gasteiger partial charge on any atom is -0.467 e. The van der Waals surface area contributed by atoms with Crippen molar-refractivity contribution in [2.24, 2.45) is 5.73 Å². The summed E-state index contributed by atoms with van der Waals surface area (Å²) in [4.78, 5) is 12.0. The molecule has 0 heterocycles. The summed E-state index contributed by atoms with van der Waals surface area (Å²) in [6.07, 6.45) is 0.832. The third kappa shape index (κ3) is 3.78. The molecule has 4 nitrogen and oxygen atoms in total. The van der Waals surface area contributed by atoms with E-state index < -0.39 is 11.5 Å². The number of hydrogen-bond acceptors (Lipinski definition) is 4. The van der Waals surface area contributed by atoms with Crippen LogP contribution in [0.4, 0.5) is 0 Å². The van der Waals surface area contributed by atoms with Crippen molar-refractivity contribution in [3.05, 3.63) is 35.9 Å². The van der Waals surface area contributed by atoms with E-state index in [2.05, 4.69) is 0 Å². The maximum atomic E-state index is 12.0. The number of nitrogens with two attached hydrogens (primary N) is 1. The Morgan fingerprint density at radius 2 is 1.84 bits per heavy atom. The van der Waals surface area contributed by atoms with Gasteiger partial charge in [-0.1, -0.05) is 37.3 Å². The highest BCUT2D eigenvalue weighted by Crippen LogP contribution is 2.24. The molecule has 0 saturated heterocycles. The molecule has 0 amide bonds. The van der Waals surface area contributed by atoms with Gasteiger partial charge in [-0.3, -0.25) is 0 Å². The Balaban J connectivity index is 2.99. The summed E-state index contributed by atoms with van der Waals surface area (Å²) in [6.45, 7) is 6.05. The van der Waals surface area contributed by atoms with Crippen LogP contribution in [0.15, 0.2) is 30.3 Å². The molecule has 0 spiro atoms. The molecule has 0 bridgehead atoms. The van der Waals surface area contributed by atoms with Crippen LogP contribution in [0.2, 0.25) is 0 Å². The monoisotopic (exact) mass is 265 g/mol. The Kier molecular flexibility index (Phi) is 5.09. The zero-order chi connectivity index (χ0) is 14.5. The van der Waals surface area contributed by atoms with Crippen LogP contribution in [-0.2, 0) is 19.8 Å². The van der Waals surface area contributed by atoms with Gasteiger partial charge >= 0.3 is 5.97 Å². The molecule has 106 valence electrons. The molecule has 4 heteroatoms. The Morgan fingerprint density at radius 1 is 1.26 bits per heavy atom. The zero-order valence-corrected chi connectivity index (χ0v) is 12.1. The lowest BCUT2D eigenvalue weighted by atomic mass is 9.91. The number of methoxy groups -OCH3 is 1. The van der Waals surface area contributed by atoms with Gasteiger partial charge in [0.05, 0.1) is 19.3 Å². The first-order valence-electron chi connectivity index (χ1n) is 6.42. The Labute approximate surface area is 114 Å². The van der Waals surface area contributed by atoms with Gasteiger partial charge in [-0.05, 0) is 25.8 Å². The molecule has 0 aromatic heterocycles. The SMILES string of the molecule is CCC(C)(C)OCC(N)(C(=O)OC)c1ccccc1. The summed E-state index contributed by atoms with van der Waals surface area (Å²) in [7, 11) is 1.33. The minimum absolute atomic E-state index is 0.0878. The van der Waals surface area contributed by atoms with Gasteiger partial charge in [0, 0.05) is 0 Å². The van der Waals surface area contributed by atoms with Crippen LogP contribution in [0.5, 0.6) is 0 Å². The largest absolute Gasteiger partial charge is 0.467 e. The first-order valence-corrected chi connectivity index (χ1v) is 6.42. The fraction of sp³-hybridized carbons (Fsp3) is 0.533. The normalized spacial score (nSPS) is 14.8. The van der Waals surface area contributed by atoms with E-state index in [0.29, 0.717) is 5.56 Å². The zero-order valence-electron chi connectivity index (χ0n) is 12.1. The van der Waals surface area contributed by atoms with Crippen LogP contribution in [0.1, 0.15) is 32.8 Å². The van der Waals surface area contributed by atoms with Gasteiger partial charge in [-0.2, -0.15) is 0 Å². The fourth-order valence-electron chi connectivity index (χ4n) is 1.59. The second-order valence-corrected chi connectivity index (χ2v) is 5.23. The molecule has 1 aromatic rings. The predicted octanol–water partition coefficient (Wildman–Crippen LogP) is 2.22. The second kappa shape index (κ2) is 6.17. The molecule has 1 rings (SSSR count). The number of carbonyl (C=O) groups excluding carboxylic acids is 1. The minimum atomic E-state index is -1.28. The third-order valence-corrected chi connectivity index (χ3v) is 3.38. The van der Waals surface area contributed by atoms with Crippen molar-refractivity contribution in [3.8, 4) is 0 Å². The van der Waals surface area contributed by atoms with Gasteiger partial charge in [0.25, 0.3) is 0 Å². The molecular weight excluding hydrogens is 242 g/mol. The summed E-state index contributed by atoms with van der Waals surface area (Å²) >= 11 is 0. The summed E-state index contributed by atoms with van der Waals surface area (Å²) in [5.41, 5.74) is 5.32. The van der Waals surface area contributed by atoms with Gasteiger partial charge in [0.15, 0.2) is 5.54 Å². The summed E-state index contributed by atoms with van der Waals surface area (Å²) in [6, 6.07) is 9.16. The van der Waals surface area contributed by atoms with Gasteiger partial charge in [0.1, 0.15) is 0 Å². The van der Waals surface area contributed by atoms with Crippen LogP contribution in [-0.4, -0.2) is 25.3 Å². The van der Waals surface area contributed by atoms with Crippen molar-refractivity contribution >= 4 is 5.97 Å². The highest BCUT2D eigenvalue weighted by molar-refractivity contribution is 5.82. The summed E-state index contributed by atoms with van der Waals surface area (Å²) in [5, 5.41) is 0. The molecular formula is C15H23NO3. The fourth-order valence-corrected chi connectivity index (χ4v) is 1.59. The quantitative estimate of drug-likeness (QED) is 0.801. The van der Waals surface area contributed by atoms with Crippen molar-refractivity contribution in [2.45, 2.75) is 38.3 Å². The Bertz CT molecular complexity index is 417. The molecule has 0 aliphatic rings. The highest BCUT2D eigenvalue weighted by atomic mass is 16.5. The highest BCUT2D eigenvalue weighted by Gasteiger charge is 2.39. The topological polar surface area (TPSA) is 61.5 Å². The second-order valence-electron chi connectivity index (χ2n) is 5.23. The molecule has 0 aliphatic heterocycles. The van der Waals surface area contributed by atoms with Gasteiger partial charge in [-0.25, -0.2) is 4.79 Å². The van der Waals surface area contributed by atoms with Crippen molar-refractivity contribution in [1.29, 1.82) is 0 Å². The van der Waals surface area contributed by atoms with E-state index in [-0.39, 0.29) is 12.2 Å². The Morgan fingerprint density at radius 3 is 2.32 bits per heavy atom. The lowest BCUT2D eigenvalue weighted by Gasteiger charge is -2.32. The first-order chi connectivity index (χ1) is 8.85. The van der Waals surface area contributed by atoms with Crippen LogP contribution >= 0.6 is 0 Å². The van der Waals surface area contributed by atoms with E-state index in [9.17, 15) is 4.79 Å². The number of carbonyl (C=O) groups is 1. The van der Waals surface area contributed by atoms with Gasteiger partial charge < -0.3 is 15.2 Å². The van der Waals surface area contributed by atoms with Gasteiger partial charge in [-0.15, -0.1) is 0 Å². The number of esters is 1. The Hall–Kier alpha value is -1.39. The molecule has 1 unspecified atom stereocenters. The summed E-state index contributed by atoms with van der Waals surface area (Å²) in [5.74, 6) is -0.495. The molecule has 1 aromatic carbocycles. The molecule has 19 heavy (non-hydrogen) atoms. The molecule has 2 N–H and O–H groups in total. The van der Waals surface area contributed by atoms with Crippen LogP contribution in [0.3, 0.4) is 0 Å². The van der Waals surface area contributed by atoms with Crippen molar-refractivity contribution in [2.75, 3.05) is 13.7 Å². The molecule has 0 saturated carbocycles. The van der Waals surface area contributed by atoms with E-state index in [1.807, 2.05) is 39.0 Å². The van der Waals surface area contributed by atoms with Gasteiger partial charge in [0.2, 0.25) is 0 Å². The third-order valence-electron chi connectivity index (χ3n) is 3.38. The van der Waals surface area contributed by atoms with Crippen molar-refractivity contribution in [3.63, 3.8) is 0 Å².